The Morgan fingerprint density at radius 1 is 1.62 bits per heavy atom. The molecule has 1 atom stereocenters. The number of hydrogen-bond acceptors (Lipinski definition) is 3. The molecule has 1 aromatic rings. The minimum Gasteiger partial charge on any atom is -0.469 e. The molecule has 0 fully saturated rings. The first-order valence-electron chi connectivity index (χ1n) is 4.68. The third-order valence-electron chi connectivity index (χ3n) is 2.32. The lowest BCUT2D eigenvalue weighted by Gasteiger charge is -2.24. The van der Waals surface area contributed by atoms with Gasteiger partial charge in [-0.05, 0) is 24.6 Å². The number of hydrogen-bond donors (Lipinski definition) is 1. The van der Waals surface area contributed by atoms with Crippen LogP contribution < -0.4 is 5.73 Å². The lowest BCUT2D eigenvalue weighted by atomic mass is 9.90. The molecule has 0 radical (unpaired) electrons. The highest BCUT2D eigenvalue weighted by atomic mass is 35.5. The van der Waals surface area contributed by atoms with Crippen molar-refractivity contribution in [2.24, 2.45) is 5.73 Å². The minimum absolute atomic E-state index is 0.00542. The highest BCUT2D eigenvalue weighted by Gasteiger charge is 2.26. The van der Waals surface area contributed by atoms with E-state index in [1.54, 1.807) is 6.92 Å². The molecule has 0 aliphatic heterocycles. The molecule has 88 valence electrons. The quantitative estimate of drug-likeness (QED) is 0.831. The molecule has 0 amide bonds. The van der Waals surface area contributed by atoms with E-state index in [4.69, 9.17) is 17.3 Å². The van der Waals surface area contributed by atoms with E-state index in [9.17, 15) is 9.18 Å². The summed E-state index contributed by atoms with van der Waals surface area (Å²) in [6, 6.07) is 4.14. The molecule has 0 spiro atoms. The molecule has 3 nitrogen and oxygen atoms in total. The maximum atomic E-state index is 13.0. The number of methoxy groups -OCH3 is 1. The van der Waals surface area contributed by atoms with E-state index in [-0.39, 0.29) is 11.4 Å². The molecule has 0 heterocycles. The van der Waals surface area contributed by atoms with Gasteiger partial charge in [0, 0.05) is 5.54 Å². The summed E-state index contributed by atoms with van der Waals surface area (Å²) in [7, 11) is 1.29. The van der Waals surface area contributed by atoms with Crippen LogP contribution in [0.4, 0.5) is 4.39 Å². The van der Waals surface area contributed by atoms with E-state index in [0.717, 1.165) is 0 Å². The van der Waals surface area contributed by atoms with Crippen molar-refractivity contribution in [3.8, 4) is 0 Å². The van der Waals surface area contributed by atoms with Gasteiger partial charge in [0.15, 0.2) is 0 Å². The van der Waals surface area contributed by atoms with Crippen molar-refractivity contribution in [1.29, 1.82) is 0 Å². The van der Waals surface area contributed by atoms with Crippen LogP contribution in [0.3, 0.4) is 0 Å². The average molecular weight is 246 g/mol. The van der Waals surface area contributed by atoms with Gasteiger partial charge in [-0.15, -0.1) is 0 Å². The molecule has 1 aromatic carbocycles. The van der Waals surface area contributed by atoms with Gasteiger partial charge in [0.2, 0.25) is 0 Å². The van der Waals surface area contributed by atoms with Crippen LogP contribution in [0.15, 0.2) is 18.2 Å². The summed E-state index contributed by atoms with van der Waals surface area (Å²) in [5.41, 5.74) is 5.61. The Morgan fingerprint density at radius 3 is 2.75 bits per heavy atom. The third kappa shape index (κ3) is 2.93. The van der Waals surface area contributed by atoms with Gasteiger partial charge in [-0.1, -0.05) is 17.7 Å². The Kier molecular flexibility index (Phi) is 3.88. The first-order chi connectivity index (χ1) is 7.36. The van der Waals surface area contributed by atoms with E-state index >= 15 is 0 Å². The minimum atomic E-state index is -0.926. The Hall–Kier alpha value is -1.13. The number of nitrogens with two attached hydrogens (primary N) is 1. The van der Waals surface area contributed by atoms with Crippen molar-refractivity contribution >= 4 is 17.6 Å². The summed E-state index contributed by atoms with van der Waals surface area (Å²) >= 11 is 5.64. The number of carbonyl (C=O) groups excluding carboxylic acids is 1. The summed E-state index contributed by atoms with van der Waals surface area (Å²) in [4.78, 5) is 11.1. The van der Waals surface area contributed by atoms with E-state index in [1.807, 2.05) is 0 Å². The van der Waals surface area contributed by atoms with E-state index in [2.05, 4.69) is 4.74 Å². The van der Waals surface area contributed by atoms with E-state index in [1.165, 1.54) is 25.3 Å². The molecule has 1 rings (SSSR count). The maximum absolute atomic E-state index is 13.0. The second-order valence-electron chi connectivity index (χ2n) is 3.80. The zero-order valence-corrected chi connectivity index (χ0v) is 9.84. The number of benzene rings is 1. The molecular formula is C11H13ClFNO2. The number of rotatable bonds is 3. The summed E-state index contributed by atoms with van der Waals surface area (Å²) < 4.78 is 17.5. The van der Waals surface area contributed by atoms with Crippen LogP contribution in [-0.2, 0) is 15.1 Å². The second kappa shape index (κ2) is 4.80. The Balaban J connectivity index is 2.97. The van der Waals surface area contributed by atoms with Gasteiger partial charge < -0.3 is 10.5 Å². The summed E-state index contributed by atoms with van der Waals surface area (Å²) in [5, 5.41) is -0.0148. The van der Waals surface area contributed by atoms with Gasteiger partial charge in [0.05, 0.1) is 18.6 Å². The molecule has 0 aliphatic carbocycles. The summed E-state index contributed by atoms with van der Waals surface area (Å²) in [5.74, 6) is -0.940. The molecule has 0 aliphatic rings. The molecule has 1 unspecified atom stereocenters. The topological polar surface area (TPSA) is 52.3 Å². The van der Waals surface area contributed by atoms with Gasteiger partial charge in [-0.3, -0.25) is 4.79 Å². The molecule has 0 saturated carbocycles. The van der Waals surface area contributed by atoms with Crippen LogP contribution in [-0.4, -0.2) is 13.1 Å². The maximum Gasteiger partial charge on any atom is 0.307 e. The first kappa shape index (κ1) is 12.9. The van der Waals surface area contributed by atoms with Crippen LogP contribution in [0, 0.1) is 5.82 Å². The Labute approximate surface area is 98.3 Å². The van der Waals surface area contributed by atoms with Crippen molar-refractivity contribution in [3.63, 3.8) is 0 Å². The number of ether oxygens (including phenoxy) is 1. The van der Waals surface area contributed by atoms with Gasteiger partial charge in [-0.2, -0.15) is 0 Å². The SMILES string of the molecule is COC(=O)CC(C)(N)c1ccc(F)c(Cl)c1. The van der Waals surface area contributed by atoms with Gasteiger partial charge >= 0.3 is 5.97 Å². The zero-order valence-electron chi connectivity index (χ0n) is 9.09. The van der Waals surface area contributed by atoms with Crippen molar-refractivity contribution in [3.05, 3.63) is 34.6 Å². The molecule has 16 heavy (non-hydrogen) atoms. The number of carbonyl (C=O) groups is 1. The molecule has 2 N–H and O–H groups in total. The Bertz CT molecular complexity index is 407. The molecule has 5 heteroatoms. The fraction of sp³-hybridized carbons (Fsp3) is 0.364. The first-order valence-corrected chi connectivity index (χ1v) is 5.06. The normalized spacial score (nSPS) is 14.3. The Morgan fingerprint density at radius 2 is 2.25 bits per heavy atom. The molecular weight excluding hydrogens is 233 g/mol. The average Bonchev–Trinajstić information content (AvgIpc) is 2.21. The zero-order chi connectivity index (χ0) is 12.3. The molecule has 0 saturated heterocycles. The van der Waals surface area contributed by atoms with Crippen LogP contribution in [0.5, 0.6) is 0 Å². The van der Waals surface area contributed by atoms with Crippen molar-refractivity contribution < 1.29 is 13.9 Å². The fourth-order valence-corrected chi connectivity index (χ4v) is 1.51. The monoisotopic (exact) mass is 245 g/mol. The van der Waals surface area contributed by atoms with Gasteiger partial charge in [0.1, 0.15) is 5.82 Å². The standard InChI is InChI=1S/C11H13ClFNO2/c1-11(14,6-10(15)16-2)7-3-4-9(13)8(12)5-7/h3-5H,6,14H2,1-2H3. The van der Waals surface area contributed by atoms with Crippen LogP contribution in [0.2, 0.25) is 5.02 Å². The lowest BCUT2D eigenvalue weighted by molar-refractivity contribution is -0.141. The van der Waals surface area contributed by atoms with Crippen molar-refractivity contribution in [2.45, 2.75) is 18.9 Å². The second-order valence-corrected chi connectivity index (χ2v) is 4.21. The lowest BCUT2D eigenvalue weighted by Crippen LogP contribution is -2.36. The molecule has 0 bridgehead atoms. The number of halogens is 2. The van der Waals surface area contributed by atoms with Crippen LogP contribution in [0.25, 0.3) is 0 Å². The highest BCUT2D eigenvalue weighted by Crippen LogP contribution is 2.26. The van der Waals surface area contributed by atoms with Crippen molar-refractivity contribution in [2.75, 3.05) is 7.11 Å². The van der Waals surface area contributed by atoms with Crippen LogP contribution >= 0.6 is 11.6 Å². The largest absolute Gasteiger partial charge is 0.469 e. The van der Waals surface area contributed by atoms with Gasteiger partial charge in [-0.25, -0.2) is 4.39 Å². The number of esters is 1. The van der Waals surface area contributed by atoms with Gasteiger partial charge in [0.25, 0.3) is 0 Å². The fourth-order valence-electron chi connectivity index (χ4n) is 1.33. The smallest absolute Gasteiger partial charge is 0.307 e. The highest BCUT2D eigenvalue weighted by molar-refractivity contribution is 6.30. The predicted octanol–water partition coefficient (Wildman–Crippen LogP) is 2.22. The summed E-state index contributed by atoms with van der Waals surface area (Å²) in [6.07, 6.45) is 0.00542. The molecule has 0 aromatic heterocycles. The predicted molar refractivity (Wildman–Crippen MR) is 59.6 cm³/mol. The summed E-state index contributed by atoms with van der Waals surface area (Å²) in [6.45, 7) is 1.66. The van der Waals surface area contributed by atoms with Crippen molar-refractivity contribution in [1.82, 2.24) is 0 Å². The van der Waals surface area contributed by atoms with E-state index in [0.29, 0.717) is 5.56 Å². The van der Waals surface area contributed by atoms with Crippen LogP contribution in [0.1, 0.15) is 18.9 Å². The van der Waals surface area contributed by atoms with E-state index < -0.39 is 17.3 Å². The third-order valence-corrected chi connectivity index (χ3v) is 2.61.